The summed E-state index contributed by atoms with van der Waals surface area (Å²) in [4.78, 5) is 26.6. The van der Waals surface area contributed by atoms with Gasteiger partial charge in [0.1, 0.15) is 0 Å². The molecule has 0 fully saturated rings. The highest BCUT2D eigenvalue weighted by Gasteiger charge is 2.36. The van der Waals surface area contributed by atoms with Crippen LogP contribution in [0.3, 0.4) is 0 Å². The number of thioether (sulfide) groups is 2. The van der Waals surface area contributed by atoms with Crippen LogP contribution in [0, 0.1) is 0 Å². The molecule has 0 aliphatic heterocycles. The van der Waals surface area contributed by atoms with Gasteiger partial charge in [-0.15, -0.1) is 0 Å². The third kappa shape index (κ3) is 12.3. The maximum atomic E-state index is 8.87. The molecule has 0 radical (unpaired) electrons. The summed E-state index contributed by atoms with van der Waals surface area (Å²) in [5, 5.41) is 0. The van der Waals surface area contributed by atoms with E-state index in [2.05, 4.69) is 0 Å². The van der Waals surface area contributed by atoms with Gasteiger partial charge >= 0.3 is 17.6 Å². The maximum Gasteiger partial charge on any atom is 0.500 e. The topological polar surface area (TPSA) is 88.4 Å². The molecule has 0 bridgehead atoms. The van der Waals surface area contributed by atoms with Crippen molar-refractivity contribution in [2.75, 3.05) is 44.3 Å². The highest BCUT2D eigenvalue weighted by atomic mass is 32.2. The quantitative estimate of drug-likeness (QED) is 0.286. The molecule has 3 N–H and O–H groups in total. The van der Waals surface area contributed by atoms with Gasteiger partial charge < -0.3 is 27.7 Å². The normalized spacial score (nSPS) is 12.8. The summed E-state index contributed by atoms with van der Waals surface area (Å²) in [6.07, 6.45) is 2.82. The Bertz CT molecular complexity index is 256. The lowest BCUT2D eigenvalue weighted by Crippen LogP contribution is -2.42. The highest BCUT2D eigenvalue weighted by molar-refractivity contribution is 8.00. The molecule has 6 nitrogen and oxygen atoms in total. The first-order valence-electron chi connectivity index (χ1n) is 7.37. The molecule has 0 rings (SSSR count). The van der Waals surface area contributed by atoms with Crippen LogP contribution < -0.4 is 0 Å². The van der Waals surface area contributed by atoms with E-state index >= 15 is 0 Å². The molecule has 0 aliphatic rings. The minimum absolute atomic E-state index is 0.138. The van der Waals surface area contributed by atoms with Crippen LogP contribution in [-0.2, 0) is 13.3 Å². The van der Waals surface area contributed by atoms with Crippen LogP contribution in [0.4, 0.5) is 0 Å². The van der Waals surface area contributed by atoms with Crippen molar-refractivity contribution in [1.29, 1.82) is 0 Å². The molecule has 0 aromatic carbocycles. The molecule has 0 saturated heterocycles. The summed E-state index contributed by atoms with van der Waals surface area (Å²) < 4.78 is 16.1. The van der Waals surface area contributed by atoms with Crippen LogP contribution in [0.1, 0.15) is 19.3 Å². The fourth-order valence-corrected chi connectivity index (χ4v) is 6.70. The van der Waals surface area contributed by atoms with E-state index in [1.165, 1.54) is 0 Å². The Kier molecular flexibility index (Phi) is 13.8. The summed E-state index contributed by atoms with van der Waals surface area (Å²) in [6.45, 7) is 0. The SMILES string of the molecule is CO[Si](CCCSCCCSCCC[Si](O)(O)O)(OC)OC. The van der Waals surface area contributed by atoms with Gasteiger partial charge in [-0.25, -0.2) is 0 Å². The first-order chi connectivity index (χ1) is 10.4. The van der Waals surface area contributed by atoms with Gasteiger partial charge in [0.25, 0.3) is 0 Å². The molecule has 0 amide bonds. The van der Waals surface area contributed by atoms with Gasteiger partial charge in [-0.05, 0) is 42.3 Å². The molecule has 0 unspecified atom stereocenters. The van der Waals surface area contributed by atoms with Crippen LogP contribution in [-0.4, -0.2) is 76.3 Å². The van der Waals surface area contributed by atoms with E-state index in [0.717, 1.165) is 41.9 Å². The summed E-state index contributed by atoms with van der Waals surface area (Å²) in [5.74, 6) is 4.12. The summed E-state index contributed by atoms with van der Waals surface area (Å²) in [5.41, 5.74) is 0. The predicted octanol–water partition coefficient (Wildman–Crippen LogP) is 1.42. The minimum atomic E-state index is -3.82. The van der Waals surface area contributed by atoms with Gasteiger partial charge in [0, 0.05) is 33.4 Å². The molecule has 22 heavy (non-hydrogen) atoms. The number of hydrogen-bond acceptors (Lipinski definition) is 8. The van der Waals surface area contributed by atoms with Crippen molar-refractivity contribution in [2.24, 2.45) is 0 Å². The highest BCUT2D eigenvalue weighted by Crippen LogP contribution is 2.18. The van der Waals surface area contributed by atoms with Gasteiger partial charge in [0.05, 0.1) is 0 Å². The van der Waals surface area contributed by atoms with Crippen molar-refractivity contribution in [3.05, 3.63) is 0 Å². The Morgan fingerprint density at radius 2 is 1.09 bits per heavy atom. The molecule has 0 spiro atoms. The third-order valence-electron chi connectivity index (χ3n) is 3.08. The molecule has 0 heterocycles. The average Bonchev–Trinajstić information content (AvgIpc) is 2.48. The smallest absolute Gasteiger partial charge is 0.390 e. The zero-order valence-corrected chi connectivity index (χ0v) is 17.4. The largest absolute Gasteiger partial charge is 0.500 e. The second kappa shape index (κ2) is 13.2. The van der Waals surface area contributed by atoms with Crippen LogP contribution in [0.25, 0.3) is 0 Å². The standard InChI is InChI=1S/C12H30O6S2Si2/c1-16-22(17-2,18-3)12-6-10-20-8-4-7-19-9-5-11-21(13,14)15/h13-15H,4-12H2,1-3H3. The van der Waals surface area contributed by atoms with Crippen molar-refractivity contribution in [3.8, 4) is 0 Å². The van der Waals surface area contributed by atoms with E-state index in [4.69, 9.17) is 27.7 Å². The lowest BCUT2D eigenvalue weighted by atomic mass is 10.6. The van der Waals surface area contributed by atoms with Crippen LogP contribution in [0.2, 0.25) is 12.1 Å². The zero-order valence-electron chi connectivity index (χ0n) is 13.7. The van der Waals surface area contributed by atoms with Gasteiger partial charge in [-0.1, -0.05) is 0 Å². The Labute approximate surface area is 144 Å². The number of rotatable bonds is 15. The Morgan fingerprint density at radius 1 is 0.682 bits per heavy atom. The average molecular weight is 391 g/mol. The summed E-state index contributed by atoms with van der Waals surface area (Å²) in [6, 6.07) is 0.978. The Morgan fingerprint density at radius 3 is 1.50 bits per heavy atom. The number of hydrogen-bond donors (Lipinski definition) is 3. The minimum Gasteiger partial charge on any atom is -0.390 e. The van der Waals surface area contributed by atoms with E-state index in [1.807, 2.05) is 11.8 Å². The van der Waals surface area contributed by atoms with Crippen molar-refractivity contribution in [1.82, 2.24) is 0 Å². The van der Waals surface area contributed by atoms with Gasteiger partial charge in [-0.3, -0.25) is 0 Å². The van der Waals surface area contributed by atoms with Crippen LogP contribution in [0.5, 0.6) is 0 Å². The maximum absolute atomic E-state index is 8.87. The van der Waals surface area contributed by atoms with E-state index in [9.17, 15) is 0 Å². The van der Waals surface area contributed by atoms with E-state index in [-0.39, 0.29) is 6.04 Å². The fourth-order valence-electron chi connectivity index (χ4n) is 1.83. The molecular weight excluding hydrogens is 360 g/mol. The molecule has 134 valence electrons. The second-order valence-electron chi connectivity index (χ2n) is 4.86. The van der Waals surface area contributed by atoms with Crippen molar-refractivity contribution < 1.29 is 27.7 Å². The zero-order chi connectivity index (χ0) is 16.9. The van der Waals surface area contributed by atoms with Crippen LogP contribution in [0.15, 0.2) is 0 Å². The molecule has 0 aromatic rings. The predicted molar refractivity (Wildman–Crippen MR) is 97.3 cm³/mol. The van der Waals surface area contributed by atoms with Gasteiger partial charge in [0.15, 0.2) is 0 Å². The Balaban J connectivity index is 3.37. The summed E-state index contributed by atoms with van der Waals surface area (Å²) in [7, 11) is -1.30. The molecule has 0 saturated carbocycles. The van der Waals surface area contributed by atoms with Crippen molar-refractivity contribution >= 4 is 41.1 Å². The molecule has 0 aromatic heterocycles. The molecule has 0 atom stereocenters. The first-order valence-corrected chi connectivity index (χ1v) is 13.7. The van der Waals surface area contributed by atoms with E-state index in [1.54, 1.807) is 33.1 Å². The monoisotopic (exact) mass is 390 g/mol. The molecular formula is C12H30O6S2Si2. The second-order valence-corrected chi connectivity index (χ2v) is 12.4. The lowest BCUT2D eigenvalue weighted by molar-refractivity contribution is 0.123. The van der Waals surface area contributed by atoms with Gasteiger partial charge in [0.2, 0.25) is 0 Å². The lowest BCUT2D eigenvalue weighted by Gasteiger charge is -2.24. The fraction of sp³-hybridized carbons (Fsp3) is 1.00. The summed E-state index contributed by atoms with van der Waals surface area (Å²) >= 11 is 3.72. The third-order valence-corrected chi connectivity index (χ3v) is 9.25. The van der Waals surface area contributed by atoms with Crippen molar-refractivity contribution in [3.63, 3.8) is 0 Å². The van der Waals surface area contributed by atoms with E-state index < -0.39 is 17.6 Å². The van der Waals surface area contributed by atoms with E-state index in [0.29, 0.717) is 6.42 Å². The van der Waals surface area contributed by atoms with Gasteiger partial charge in [-0.2, -0.15) is 23.5 Å². The Hall–Kier alpha value is 0.894. The van der Waals surface area contributed by atoms with Crippen molar-refractivity contribution in [2.45, 2.75) is 31.4 Å². The van der Waals surface area contributed by atoms with Crippen LogP contribution >= 0.6 is 23.5 Å². The molecule has 10 heteroatoms. The first kappa shape index (κ1) is 22.9. The molecule has 0 aliphatic carbocycles.